The first-order valence-corrected chi connectivity index (χ1v) is 8.14. The van der Waals surface area contributed by atoms with Crippen LogP contribution in [0.3, 0.4) is 0 Å². The van der Waals surface area contributed by atoms with Crippen molar-refractivity contribution < 1.29 is 4.79 Å². The summed E-state index contributed by atoms with van der Waals surface area (Å²) in [5.41, 5.74) is 1.90. The number of aromatic nitrogens is 1. The second-order valence-electron chi connectivity index (χ2n) is 4.90. The highest BCUT2D eigenvalue weighted by Gasteiger charge is 2.32. The second kappa shape index (κ2) is 6.03. The van der Waals surface area contributed by atoms with Gasteiger partial charge in [0.15, 0.2) is 0 Å². The summed E-state index contributed by atoms with van der Waals surface area (Å²) in [6.45, 7) is 0.750. The molecule has 1 aromatic carbocycles. The third-order valence-electron chi connectivity index (χ3n) is 3.48. The SMILES string of the molecule is Cn1cccc1[C@@H]1SCCN1C(=O)Nc1ccc(Cl)cc1. The van der Waals surface area contributed by atoms with Crippen molar-refractivity contribution in [1.82, 2.24) is 9.47 Å². The van der Waals surface area contributed by atoms with Crippen LogP contribution in [-0.2, 0) is 7.05 Å². The topological polar surface area (TPSA) is 37.3 Å². The molecule has 21 heavy (non-hydrogen) atoms. The molecule has 1 aliphatic rings. The van der Waals surface area contributed by atoms with Gasteiger partial charge in [0.2, 0.25) is 0 Å². The van der Waals surface area contributed by atoms with Crippen molar-refractivity contribution in [3.63, 3.8) is 0 Å². The van der Waals surface area contributed by atoms with Crippen LogP contribution in [-0.4, -0.2) is 27.8 Å². The van der Waals surface area contributed by atoms with Gasteiger partial charge in [-0.3, -0.25) is 0 Å². The van der Waals surface area contributed by atoms with Crippen LogP contribution in [0.4, 0.5) is 10.5 Å². The Bertz CT molecular complexity index is 641. The number of halogens is 1. The van der Waals surface area contributed by atoms with Gasteiger partial charge >= 0.3 is 6.03 Å². The molecule has 2 amide bonds. The van der Waals surface area contributed by atoms with Crippen molar-refractivity contribution in [3.05, 3.63) is 53.3 Å². The van der Waals surface area contributed by atoms with E-state index in [0.29, 0.717) is 5.02 Å². The van der Waals surface area contributed by atoms with E-state index in [1.165, 1.54) is 0 Å². The Morgan fingerprint density at radius 2 is 2.10 bits per heavy atom. The molecule has 0 saturated carbocycles. The van der Waals surface area contributed by atoms with Crippen molar-refractivity contribution in [1.29, 1.82) is 0 Å². The monoisotopic (exact) mass is 321 g/mol. The van der Waals surface area contributed by atoms with Gasteiger partial charge in [0.05, 0.1) is 5.69 Å². The number of hydrogen-bond donors (Lipinski definition) is 1. The third-order valence-corrected chi connectivity index (χ3v) is 4.97. The maximum atomic E-state index is 12.5. The fourth-order valence-corrected chi connectivity index (χ4v) is 3.83. The summed E-state index contributed by atoms with van der Waals surface area (Å²) in [5.74, 6) is 0.948. The summed E-state index contributed by atoms with van der Waals surface area (Å²) in [6.07, 6.45) is 2.00. The quantitative estimate of drug-likeness (QED) is 0.909. The largest absolute Gasteiger partial charge is 0.352 e. The van der Waals surface area contributed by atoms with Crippen LogP contribution in [0.15, 0.2) is 42.6 Å². The van der Waals surface area contributed by atoms with Crippen LogP contribution in [0.5, 0.6) is 0 Å². The number of thioether (sulfide) groups is 1. The van der Waals surface area contributed by atoms with Gasteiger partial charge in [-0.2, -0.15) is 0 Å². The Labute approximate surface area is 133 Å². The zero-order valence-electron chi connectivity index (χ0n) is 11.6. The molecular weight excluding hydrogens is 306 g/mol. The minimum absolute atomic E-state index is 0.0669. The number of carbonyl (C=O) groups is 1. The van der Waals surface area contributed by atoms with Crippen LogP contribution in [0, 0.1) is 0 Å². The zero-order valence-corrected chi connectivity index (χ0v) is 13.2. The lowest BCUT2D eigenvalue weighted by atomic mass is 10.3. The number of benzene rings is 1. The van der Waals surface area contributed by atoms with E-state index in [4.69, 9.17) is 11.6 Å². The van der Waals surface area contributed by atoms with E-state index in [1.807, 2.05) is 24.2 Å². The Morgan fingerprint density at radius 1 is 1.33 bits per heavy atom. The maximum absolute atomic E-state index is 12.5. The number of hydrogen-bond acceptors (Lipinski definition) is 2. The highest BCUT2D eigenvalue weighted by Crippen LogP contribution is 2.38. The van der Waals surface area contributed by atoms with Crippen LogP contribution in [0.25, 0.3) is 0 Å². The van der Waals surface area contributed by atoms with Crippen LogP contribution in [0.2, 0.25) is 5.02 Å². The summed E-state index contributed by atoms with van der Waals surface area (Å²) >= 11 is 7.64. The number of nitrogens with zero attached hydrogens (tertiary/aromatic N) is 2. The highest BCUT2D eigenvalue weighted by atomic mass is 35.5. The van der Waals surface area contributed by atoms with E-state index in [1.54, 1.807) is 36.0 Å². The normalized spacial score (nSPS) is 18.0. The first-order chi connectivity index (χ1) is 10.1. The number of aryl methyl sites for hydroxylation is 1. The van der Waals surface area contributed by atoms with Gasteiger partial charge in [-0.15, -0.1) is 11.8 Å². The molecule has 1 aromatic heterocycles. The molecule has 3 rings (SSSR count). The molecule has 1 N–H and O–H groups in total. The highest BCUT2D eigenvalue weighted by molar-refractivity contribution is 7.99. The zero-order chi connectivity index (χ0) is 14.8. The van der Waals surface area contributed by atoms with Crippen molar-refractivity contribution in [2.24, 2.45) is 7.05 Å². The molecule has 1 fully saturated rings. The average molecular weight is 322 g/mol. The summed E-state index contributed by atoms with van der Waals surface area (Å²) in [5, 5.41) is 3.65. The number of amides is 2. The summed E-state index contributed by atoms with van der Waals surface area (Å²) in [4.78, 5) is 14.3. The number of nitrogens with one attached hydrogen (secondary N) is 1. The number of rotatable bonds is 2. The van der Waals surface area contributed by atoms with Gasteiger partial charge < -0.3 is 14.8 Å². The van der Waals surface area contributed by atoms with Crippen molar-refractivity contribution in [2.45, 2.75) is 5.37 Å². The molecule has 2 aromatic rings. The Hall–Kier alpha value is -1.59. The maximum Gasteiger partial charge on any atom is 0.323 e. The predicted octanol–water partition coefficient (Wildman–Crippen LogP) is 3.96. The molecule has 0 radical (unpaired) electrons. The standard InChI is InChI=1S/C15H16ClN3OS/c1-18-8-2-3-13(18)14-19(9-10-21-14)15(20)17-12-6-4-11(16)5-7-12/h2-8,14H,9-10H2,1H3,(H,17,20)/t14-/m0/s1. The van der Waals surface area contributed by atoms with Gasteiger partial charge in [-0.05, 0) is 36.4 Å². The smallest absolute Gasteiger partial charge is 0.323 e. The average Bonchev–Trinajstić information content (AvgIpc) is 3.09. The molecule has 1 saturated heterocycles. The lowest BCUT2D eigenvalue weighted by Crippen LogP contribution is -2.34. The lowest BCUT2D eigenvalue weighted by Gasteiger charge is -2.24. The van der Waals surface area contributed by atoms with Crippen LogP contribution >= 0.6 is 23.4 Å². The van der Waals surface area contributed by atoms with Crippen LogP contribution < -0.4 is 5.32 Å². The summed E-state index contributed by atoms with van der Waals surface area (Å²) < 4.78 is 2.06. The van der Waals surface area contributed by atoms with Gasteiger partial charge in [0, 0.05) is 36.3 Å². The van der Waals surface area contributed by atoms with Crippen molar-refractivity contribution in [3.8, 4) is 0 Å². The van der Waals surface area contributed by atoms with Crippen molar-refractivity contribution >= 4 is 35.1 Å². The molecule has 0 aliphatic carbocycles. The van der Waals surface area contributed by atoms with Gasteiger partial charge in [0.1, 0.15) is 5.37 Å². The van der Waals surface area contributed by atoms with E-state index in [9.17, 15) is 4.79 Å². The fraction of sp³-hybridized carbons (Fsp3) is 0.267. The predicted molar refractivity (Wildman–Crippen MR) is 87.8 cm³/mol. The Morgan fingerprint density at radius 3 is 2.76 bits per heavy atom. The number of urea groups is 1. The molecular formula is C15H16ClN3OS. The Kier molecular flexibility index (Phi) is 4.12. The number of carbonyl (C=O) groups excluding carboxylic acids is 1. The van der Waals surface area contributed by atoms with Gasteiger partial charge in [0.25, 0.3) is 0 Å². The minimum atomic E-state index is -0.0754. The number of anilines is 1. The third kappa shape index (κ3) is 3.04. The minimum Gasteiger partial charge on any atom is -0.352 e. The molecule has 1 atom stereocenters. The molecule has 6 heteroatoms. The van der Waals surface area contributed by atoms with E-state index >= 15 is 0 Å². The fourth-order valence-electron chi connectivity index (χ4n) is 2.38. The summed E-state index contributed by atoms with van der Waals surface area (Å²) in [6, 6.07) is 11.1. The van der Waals surface area contributed by atoms with E-state index in [2.05, 4.69) is 16.0 Å². The lowest BCUT2D eigenvalue weighted by molar-refractivity contribution is 0.213. The second-order valence-corrected chi connectivity index (χ2v) is 6.52. The van der Waals surface area contributed by atoms with E-state index in [0.717, 1.165) is 23.7 Å². The van der Waals surface area contributed by atoms with Gasteiger partial charge in [-0.1, -0.05) is 11.6 Å². The van der Waals surface area contributed by atoms with E-state index < -0.39 is 0 Å². The molecule has 2 heterocycles. The van der Waals surface area contributed by atoms with Gasteiger partial charge in [-0.25, -0.2) is 4.79 Å². The molecule has 0 spiro atoms. The summed E-state index contributed by atoms with van der Waals surface area (Å²) in [7, 11) is 2.00. The van der Waals surface area contributed by atoms with Crippen LogP contribution in [0.1, 0.15) is 11.1 Å². The molecule has 4 nitrogen and oxygen atoms in total. The molecule has 1 aliphatic heterocycles. The molecule has 0 unspecified atom stereocenters. The first kappa shape index (κ1) is 14.4. The van der Waals surface area contributed by atoms with E-state index in [-0.39, 0.29) is 11.4 Å². The van der Waals surface area contributed by atoms with Crippen molar-refractivity contribution in [2.75, 3.05) is 17.6 Å². The molecule has 110 valence electrons. The Balaban J connectivity index is 1.74. The molecule has 0 bridgehead atoms. The first-order valence-electron chi connectivity index (χ1n) is 6.71.